The summed E-state index contributed by atoms with van der Waals surface area (Å²) in [7, 11) is 0. The molecule has 1 aromatic heterocycles. The monoisotopic (exact) mass is 236 g/mol. The Kier molecular flexibility index (Phi) is 2.62. The molecule has 6 heteroatoms. The third kappa shape index (κ3) is 2.04. The van der Waals surface area contributed by atoms with Crippen molar-refractivity contribution in [2.75, 3.05) is 5.73 Å². The van der Waals surface area contributed by atoms with E-state index in [1.807, 2.05) is 13.0 Å². The van der Waals surface area contributed by atoms with Gasteiger partial charge in [0.05, 0.1) is 5.02 Å². The zero-order valence-corrected chi connectivity index (χ0v) is 9.25. The predicted octanol–water partition coefficient (Wildman–Crippen LogP) is 1.38. The lowest BCUT2D eigenvalue weighted by molar-refractivity contribution is 1.01. The molecule has 82 valence electrons. The third-order valence-electron chi connectivity index (χ3n) is 2.05. The van der Waals surface area contributed by atoms with Gasteiger partial charge in [0.2, 0.25) is 5.95 Å². The molecule has 3 N–H and O–H groups in total. The number of nitrogen functional groups attached to an aromatic ring is 1. The van der Waals surface area contributed by atoms with E-state index in [1.165, 1.54) is 0 Å². The van der Waals surface area contributed by atoms with Gasteiger partial charge in [-0.3, -0.25) is 4.98 Å². The molecular weight excluding hydrogens is 228 g/mol. The van der Waals surface area contributed by atoms with Gasteiger partial charge in [-0.2, -0.15) is 9.97 Å². The molecule has 0 amide bonds. The molecule has 0 aliphatic carbocycles. The fraction of sp³-hybridized carbons (Fsp3) is 0.100. The van der Waals surface area contributed by atoms with Crippen LogP contribution in [0.5, 0.6) is 0 Å². The van der Waals surface area contributed by atoms with Gasteiger partial charge in [0.25, 0.3) is 0 Å². The van der Waals surface area contributed by atoms with Gasteiger partial charge < -0.3 is 5.73 Å². The van der Waals surface area contributed by atoms with Gasteiger partial charge in [-0.05, 0) is 24.6 Å². The van der Waals surface area contributed by atoms with Crippen molar-refractivity contribution in [1.82, 2.24) is 15.0 Å². The first-order valence-corrected chi connectivity index (χ1v) is 4.94. The van der Waals surface area contributed by atoms with Gasteiger partial charge in [-0.15, -0.1) is 0 Å². The summed E-state index contributed by atoms with van der Waals surface area (Å²) in [6.45, 7) is 1.92. The first-order valence-electron chi connectivity index (χ1n) is 4.56. The lowest BCUT2D eigenvalue weighted by atomic mass is 10.1. The lowest BCUT2D eigenvalue weighted by Crippen LogP contribution is -2.15. The summed E-state index contributed by atoms with van der Waals surface area (Å²) in [5.74, 6) is 0.248. The van der Waals surface area contributed by atoms with Crippen molar-refractivity contribution in [2.24, 2.45) is 0 Å². The van der Waals surface area contributed by atoms with Crippen molar-refractivity contribution in [3.05, 3.63) is 39.3 Å². The highest BCUT2D eigenvalue weighted by Gasteiger charge is 2.07. The highest BCUT2D eigenvalue weighted by atomic mass is 35.5. The number of benzene rings is 1. The van der Waals surface area contributed by atoms with Crippen LogP contribution in [0.2, 0.25) is 5.02 Å². The van der Waals surface area contributed by atoms with Gasteiger partial charge in [-0.1, -0.05) is 17.7 Å². The highest BCUT2D eigenvalue weighted by molar-refractivity contribution is 6.33. The number of anilines is 1. The van der Waals surface area contributed by atoms with Crippen LogP contribution in [0.15, 0.2) is 23.0 Å². The molecule has 2 rings (SSSR count). The van der Waals surface area contributed by atoms with Gasteiger partial charge in [-0.25, -0.2) is 4.79 Å². The summed E-state index contributed by atoms with van der Waals surface area (Å²) in [5.41, 5.74) is 6.50. The molecule has 0 aliphatic rings. The minimum absolute atomic E-state index is 0.0737. The van der Waals surface area contributed by atoms with Crippen molar-refractivity contribution < 1.29 is 0 Å². The summed E-state index contributed by atoms with van der Waals surface area (Å²) in [6, 6.07) is 5.43. The molecule has 0 fully saturated rings. The molecule has 5 nitrogen and oxygen atoms in total. The molecule has 0 saturated heterocycles. The van der Waals surface area contributed by atoms with Crippen LogP contribution in [0.3, 0.4) is 0 Å². The largest absolute Gasteiger partial charge is 0.368 e. The minimum Gasteiger partial charge on any atom is -0.368 e. The van der Waals surface area contributed by atoms with E-state index in [4.69, 9.17) is 17.3 Å². The fourth-order valence-corrected chi connectivity index (χ4v) is 1.67. The zero-order valence-electron chi connectivity index (χ0n) is 8.49. The van der Waals surface area contributed by atoms with E-state index < -0.39 is 5.69 Å². The molecular formula is C10H9ClN4O. The summed E-state index contributed by atoms with van der Waals surface area (Å²) < 4.78 is 0. The molecule has 0 radical (unpaired) electrons. The van der Waals surface area contributed by atoms with Crippen molar-refractivity contribution in [3.63, 3.8) is 0 Å². The Bertz CT molecular complexity index is 594. The standard InChI is InChI=1S/C10H9ClN4O/c1-5-2-3-6(7(11)4-5)8-13-9(12)15-10(16)14-8/h2-4H,1H3,(H3,12,13,14,15,16). The quantitative estimate of drug-likeness (QED) is 0.783. The Morgan fingerprint density at radius 3 is 2.75 bits per heavy atom. The van der Waals surface area contributed by atoms with E-state index in [0.717, 1.165) is 5.56 Å². The van der Waals surface area contributed by atoms with E-state index in [1.54, 1.807) is 12.1 Å². The minimum atomic E-state index is -0.542. The van der Waals surface area contributed by atoms with Crippen LogP contribution in [-0.2, 0) is 0 Å². The maximum absolute atomic E-state index is 11.1. The Labute approximate surface area is 96.3 Å². The molecule has 1 heterocycles. The Balaban J connectivity index is 2.63. The number of nitrogens with zero attached hydrogens (tertiary/aromatic N) is 2. The molecule has 0 aliphatic heterocycles. The number of nitrogens with one attached hydrogen (secondary N) is 1. The Hall–Kier alpha value is -1.88. The number of halogens is 1. The summed E-state index contributed by atoms with van der Waals surface area (Å²) in [6.07, 6.45) is 0. The first-order chi connectivity index (χ1) is 7.56. The number of H-pyrrole nitrogens is 1. The second-order valence-corrected chi connectivity index (χ2v) is 3.75. The van der Waals surface area contributed by atoms with E-state index in [2.05, 4.69) is 15.0 Å². The Morgan fingerprint density at radius 1 is 1.38 bits per heavy atom. The fourth-order valence-electron chi connectivity index (χ4n) is 1.34. The van der Waals surface area contributed by atoms with Gasteiger partial charge in [0, 0.05) is 5.56 Å². The van der Waals surface area contributed by atoms with E-state index in [9.17, 15) is 4.79 Å². The molecule has 0 saturated carbocycles. The summed E-state index contributed by atoms with van der Waals surface area (Å²) >= 11 is 6.05. The number of hydrogen-bond donors (Lipinski definition) is 2. The number of aromatic amines is 1. The van der Waals surface area contributed by atoms with Crippen LogP contribution in [0.4, 0.5) is 5.95 Å². The molecule has 2 aromatic rings. The number of aryl methyl sites for hydroxylation is 1. The number of hydrogen-bond acceptors (Lipinski definition) is 4. The van der Waals surface area contributed by atoms with E-state index in [0.29, 0.717) is 16.4 Å². The molecule has 0 atom stereocenters. The first kappa shape index (κ1) is 10.6. The average molecular weight is 237 g/mol. The summed E-state index contributed by atoms with van der Waals surface area (Å²) in [5, 5.41) is 0.508. The number of aromatic nitrogens is 3. The van der Waals surface area contributed by atoms with Crippen molar-refractivity contribution in [2.45, 2.75) is 6.92 Å². The second kappa shape index (κ2) is 3.94. The zero-order chi connectivity index (χ0) is 11.7. The van der Waals surface area contributed by atoms with Gasteiger partial charge in [0.1, 0.15) is 5.82 Å². The topological polar surface area (TPSA) is 84.7 Å². The van der Waals surface area contributed by atoms with Crippen LogP contribution in [0, 0.1) is 6.92 Å². The SMILES string of the molecule is Cc1ccc(-c2nc(N)nc(=O)[nH]2)c(Cl)c1. The highest BCUT2D eigenvalue weighted by Crippen LogP contribution is 2.25. The molecule has 1 aromatic carbocycles. The van der Waals surface area contributed by atoms with Crippen molar-refractivity contribution >= 4 is 17.5 Å². The molecule has 0 spiro atoms. The van der Waals surface area contributed by atoms with Crippen LogP contribution in [0.1, 0.15) is 5.56 Å². The van der Waals surface area contributed by atoms with Gasteiger partial charge >= 0.3 is 5.69 Å². The van der Waals surface area contributed by atoms with Crippen LogP contribution < -0.4 is 11.4 Å². The summed E-state index contributed by atoms with van der Waals surface area (Å²) in [4.78, 5) is 21.0. The van der Waals surface area contributed by atoms with E-state index >= 15 is 0 Å². The van der Waals surface area contributed by atoms with Crippen LogP contribution in [0.25, 0.3) is 11.4 Å². The van der Waals surface area contributed by atoms with Crippen LogP contribution >= 0.6 is 11.6 Å². The molecule has 0 unspecified atom stereocenters. The maximum Gasteiger partial charge on any atom is 0.349 e. The predicted molar refractivity (Wildman–Crippen MR) is 62.2 cm³/mol. The Morgan fingerprint density at radius 2 is 2.12 bits per heavy atom. The van der Waals surface area contributed by atoms with Crippen LogP contribution in [-0.4, -0.2) is 15.0 Å². The van der Waals surface area contributed by atoms with E-state index in [-0.39, 0.29) is 5.95 Å². The maximum atomic E-state index is 11.1. The molecule has 16 heavy (non-hydrogen) atoms. The van der Waals surface area contributed by atoms with Crippen molar-refractivity contribution in [3.8, 4) is 11.4 Å². The lowest BCUT2D eigenvalue weighted by Gasteiger charge is -2.04. The number of rotatable bonds is 1. The smallest absolute Gasteiger partial charge is 0.349 e. The second-order valence-electron chi connectivity index (χ2n) is 3.34. The average Bonchev–Trinajstić information content (AvgIpc) is 2.15. The third-order valence-corrected chi connectivity index (χ3v) is 2.36. The number of nitrogens with two attached hydrogens (primary N) is 1. The van der Waals surface area contributed by atoms with Crippen molar-refractivity contribution in [1.29, 1.82) is 0 Å². The van der Waals surface area contributed by atoms with Gasteiger partial charge in [0.15, 0.2) is 0 Å². The normalized spacial score (nSPS) is 10.4. The molecule has 0 bridgehead atoms.